The van der Waals surface area contributed by atoms with Gasteiger partial charge < -0.3 is 35.8 Å². The molecule has 0 radical (unpaired) electrons. The molecular formula is C40H46N6O6. The Morgan fingerprint density at radius 3 is 1.52 bits per heavy atom. The van der Waals surface area contributed by atoms with E-state index in [0.717, 1.165) is 12.8 Å². The molecule has 2 aliphatic carbocycles. The van der Waals surface area contributed by atoms with E-state index in [1.165, 1.54) is 11.1 Å². The zero-order valence-electron chi connectivity index (χ0n) is 29.5. The predicted octanol–water partition coefficient (Wildman–Crippen LogP) is 2.88. The Balaban J connectivity index is 1.01. The number of hydrogen-bond acceptors (Lipinski definition) is 6. The molecule has 2 saturated carbocycles. The van der Waals surface area contributed by atoms with Crippen LogP contribution in [0.15, 0.2) is 84.9 Å². The fourth-order valence-electron chi connectivity index (χ4n) is 7.74. The summed E-state index contributed by atoms with van der Waals surface area (Å²) in [5, 5.41) is 11.9. The number of nitrogens with one attached hydrogen (secondary N) is 4. The van der Waals surface area contributed by atoms with Crippen molar-refractivity contribution in [1.29, 1.82) is 0 Å². The first-order chi connectivity index (χ1) is 25.2. The van der Waals surface area contributed by atoms with Crippen LogP contribution in [0.3, 0.4) is 0 Å². The highest BCUT2D eigenvalue weighted by Gasteiger charge is 2.49. The largest absolute Gasteiger partial charge is 0.377 e. The van der Waals surface area contributed by atoms with E-state index in [1.807, 2.05) is 43.3 Å². The molecule has 7 rings (SSSR count). The Bertz CT molecular complexity index is 1710. The highest BCUT2D eigenvalue weighted by molar-refractivity contribution is 5.99. The van der Waals surface area contributed by atoms with Crippen molar-refractivity contribution in [1.82, 2.24) is 31.1 Å². The fraction of sp³-hybridized carbons (Fsp3) is 0.425. The summed E-state index contributed by atoms with van der Waals surface area (Å²) < 4.78 is 5.53. The minimum atomic E-state index is -0.694. The molecule has 2 heterocycles. The third-order valence-corrected chi connectivity index (χ3v) is 10.9. The minimum Gasteiger partial charge on any atom is -0.377 e. The monoisotopic (exact) mass is 706 g/mol. The van der Waals surface area contributed by atoms with E-state index in [1.54, 1.807) is 41.2 Å². The molecule has 52 heavy (non-hydrogen) atoms. The van der Waals surface area contributed by atoms with Gasteiger partial charge in [-0.25, -0.2) is 4.79 Å². The van der Waals surface area contributed by atoms with Gasteiger partial charge in [-0.15, -0.1) is 0 Å². The SMILES string of the molecule is CCNC(=O)N[C@@H]1CN(C(=O)c2ccc(C(=O)N3C[C@@H](C(=O)N[C@H]4C[C@@H]4c4ccccc4)[C@H](C(=O)N[C@H]4C[C@@H]4c4ccccc4)C3)cc2)C[C@@H]1OC. The number of carbonyl (C=O) groups excluding carboxylic acids is 5. The molecule has 0 bridgehead atoms. The van der Waals surface area contributed by atoms with Crippen LogP contribution in [0, 0.1) is 11.8 Å². The smallest absolute Gasteiger partial charge is 0.315 e. The van der Waals surface area contributed by atoms with E-state index in [-0.39, 0.29) is 85.4 Å². The van der Waals surface area contributed by atoms with Crippen molar-refractivity contribution in [3.8, 4) is 0 Å². The average molecular weight is 707 g/mol. The molecule has 4 aliphatic rings. The maximum absolute atomic E-state index is 13.8. The van der Waals surface area contributed by atoms with Crippen LogP contribution in [0.1, 0.15) is 63.4 Å². The number of ether oxygens (including phenoxy) is 1. The molecule has 272 valence electrons. The number of likely N-dealkylation sites (tertiary alicyclic amines) is 2. The van der Waals surface area contributed by atoms with Crippen molar-refractivity contribution in [2.24, 2.45) is 11.8 Å². The van der Waals surface area contributed by atoms with Crippen molar-refractivity contribution < 1.29 is 28.7 Å². The second kappa shape index (κ2) is 15.2. The number of urea groups is 1. The molecule has 2 saturated heterocycles. The highest BCUT2D eigenvalue weighted by Crippen LogP contribution is 2.42. The number of nitrogens with zero attached hydrogens (tertiary/aromatic N) is 2. The van der Waals surface area contributed by atoms with Gasteiger partial charge in [0.15, 0.2) is 0 Å². The van der Waals surface area contributed by atoms with Crippen LogP contribution < -0.4 is 21.3 Å². The van der Waals surface area contributed by atoms with Crippen LogP contribution in [-0.2, 0) is 14.3 Å². The number of rotatable bonds is 11. The first-order valence-electron chi connectivity index (χ1n) is 18.2. The third kappa shape index (κ3) is 7.67. The van der Waals surface area contributed by atoms with Gasteiger partial charge in [0.1, 0.15) is 0 Å². The quantitative estimate of drug-likeness (QED) is 0.241. The Labute approximate surface area is 303 Å². The summed E-state index contributed by atoms with van der Waals surface area (Å²) >= 11 is 0. The van der Waals surface area contributed by atoms with E-state index in [4.69, 9.17) is 4.74 Å². The molecule has 0 spiro atoms. The Morgan fingerprint density at radius 1 is 0.615 bits per heavy atom. The van der Waals surface area contributed by atoms with Gasteiger partial charge in [-0.1, -0.05) is 60.7 Å². The van der Waals surface area contributed by atoms with Crippen LogP contribution in [-0.4, -0.2) is 104 Å². The maximum Gasteiger partial charge on any atom is 0.315 e. The third-order valence-electron chi connectivity index (χ3n) is 10.9. The Morgan fingerprint density at radius 2 is 1.08 bits per heavy atom. The molecule has 4 fully saturated rings. The maximum atomic E-state index is 13.8. The molecule has 0 aromatic heterocycles. The lowest BCUT2D eigenvalue weighted by atomic mass is 9.94. The van der Waals surface area contributed by atoms with Crippen molar-refractivity contribution in [2.75, 3.05) is 39.8 Å². The van der Waals surface area contributed by atoms with Gasteiger partial charge in [0.25, 0.3) is 11.8 Å². The molecular weight excluding hydrogens is 660 g/mol. The number of hydrogen-bond donors (Lipinski definition) is 4. The molecule has 3 aromatic carbocycles. The van der Waals surface area contributed by atoms with Crippen LogP contribution in [0.4, 0.5) is 4.79 Å². The van der Waals surface area contributed by atoms with E-state index in [0.29, 0.717) is 24.2 Å². The Hall–Kier alpha value is -5.23. The van der Waals surface area contributed by atoms with Gasteiger partial charge in [0.2, 0.25) is 11.8 Å². The summed E-state index contributed by atoms with van der Waals surface area (Å²) in [6, 6.07) is 25.9. The van der Waals surface area contributed by atoms with Crippen molar-refractivity contribution in [2.45, 2.75) is 55.8 Å². The normalized spacial score (nSPS) is 27.4. The second-order valence-electron chi connectivity index (χ2n) is 14.3. The molecule has 0 unspecified atom stereocenters. The van der Waals surface area contributed by atoms with E-state index in [2.05, 4.69) is 45.5 Å². The van der Waals surface area contributed by atoms with Crippen molar-refractivity contribution in [3.63, 3.8) is 0 Å². The number of benzene rings is 3. The number of amides is 6. The van der Waals surface area contributed by atoms with Crippen LogP contribution >= 0.6 is 0 Å². The minimum absolute atomic E-state index is 0.00586. The van der Waals surface area contributed by atoms with Gasteiger partial charge in [-0.2, -0.15) is 0 Å². The lowest BCUT2D eigenvalue weighted by molar-refractivity contribution is -0.133. The fourth-order valence-corrected chi connectivity index (χ4v) is 7.74. The molecule has 4 N–H and O–H groups in total. The average Bonchev–Trinajstić information content (AvgIpc) is 4.02. The van der Waals surface area contributed by atoms with Gasteiger partial charge >= 0.3 is 6.03 Å². The van der Waals surface area contributed by atoms with Gasteiger partial charge in [-0.05, 0) is 55.2 Å². The van der Waals surface area contributed by atoms with Crippen LogP contribution in [0.5, 0.6) is 0 Å². The van der Waals surface area contributed by atoms with Crippen LogP contribution in [0.25, 0.3) is 0 Å². The molecule has 12 nitrogen and oxygen atoms in total. The van der Waals surface area contributed by atoms with Gasteiger partial charge in [0, 0.05) is 74.9 Å². The predicted molar refractivity (Wildman–Crippen MR) is 193 cm³/mol. The molecule has 12 heteroatoms. The van der Waals surface area contributed by atoms with E-state index >= 15 is 0 Å². The molecule has 6 amide bonds. The van der Waals surface area contributed by atoms with Crippen LogP contribution in [0.2, 0.25) is 0 Å². The van der Waals surface area contributed by atoms with E-state index in [9.17, 15) is 24.0 Å². The zero-order chi connectivity index (χ0) is 36.4. The Kier molecular flexibility index (Phi) is 10.3. The number of carbonyl (C=O) groups is 5. The molecule has 3 aromatic rings. The first-order valence-corrected chi connectivity index (χ1v) is 18.2. The summed E-state index contributed by atoms with van der Waals surface area (Å²) in [7, 11) is 1.55. The lowest BCUT2D eigenvalue weighted by Crippen LogP contribution is -2.48. The molecule has 2 aliphatic heterocycles. The van der Waals surface area contributed by atoms with E-state index < -0.39 is 11.8 Å². The topological polar surface area (TPSA) is 149 Å². The summed E-state index contributed by atoms with van der Waals surface area (Å²) in [5.74, 6) is -1.88. The summed E-state index contributed by atoms with van der Waals surface area (Å²) in [6.07, 6.45) is 1.32. The van der Waals surface area contributed by atoms with Crippen molar-refractivity contribution in [3.05, 3.63) is 107 Å². The van der Waals surface area contributed by atoms with Gasteiger partial charge in [0.05, 0.1) is 24.0 Å². The molecule has 8 atom stereocenters. The number of methoxy groups -OCH3 is 1. The zero-order valence-corrected chi connectivity index (χ0v) is 29.5. The summed E-state index contributed by atoms with van der Waals surface area (Å²) in [6.45, 7) is 3.14. The highest BCUT2D eigenvalue weighted by atomic mass is 16.5. The summed E-state index contributed by atoms with van der Waals surface area (Å²) in [5.41, 5.74) is 3.11. The lowest BCUT2D eigenvalue weighted by Gasteiger charge is -2.18. The second-order valence-corrected chi connectivity index (χ2v) is 14.3. The van der Waals surface area contributed by atoms with Crippen molar-refractivity contribution >= 4 is 29.7 Å². The standard InChI is InChI=1S/C40H46N6O6/c1-3-41-40(51)44-34-22-46(23-35(34)52-2)39(50)27-16-14-26(15-17-27)38(49)45-20-30(36(47)42-32-18-28(32)24-10-6-4-7-11-24)31(21-45)37(48)43-33-19-29(33)25-12-8-5-9-13-25/h4-17,28-35H,3,18-23H2,1-2H3,(H,42,47)(H,43,48)(H2,41,44,51)/t28-,29-,30-,31-,32+,33+,34-,35+/m1/s1. The summed E-state index contributed by atoms with van der Waals surface area (Å²) in [4.78, 5) is 70.1. The first kappa shape index (κ1) is 35.2. The van der Waals surface area contributed by atoms with Gasteiger partial charge in [-0.3, -0.25) is 19.2 Å².